The zero-order chi connectivity index (χ0) is 22.6. The summed E-state index contributed by atoms with van der Waals surface area (Å²) >= 11 is 0. The highest BCUT2D eigenvalue weighted by Crippen LogP contribution is 2.27. The Morgan fingerprint density at radius 3 is 2.64 bits per heavy atom. The maximum absolute atomic E-state index is 13.4. The van der Waals surface area contributed by atoms with E-state index in [1.54, 1.807) is 6.07 Å². The van der Waals surface area contributed by atoms with Crippen LogP contribution in [0.15, 0.2) is 91.5 Å². The van der Waals surface area contributed by atoms with E-state index in [0.717, 1.165) is 33.5 Å². The van der Waals surface area contributed by atoms with Gasteiger partial charge < -0.3 is 20.6 Å². The first kappa shape index (κ1) is 20.4. The molecule has 6 nitrogen and oxygen atoms in total. The molecule has 0 aliphatic rings. The van der Waals surface area contributed by atoms with E-state index in [1.165, 1.54) is 24.7 Å². The van der Waals surface area contributed by atoms with Gasteiger partial charge in [-0.25, -0.2) is 14.4 Å². The van der Waals surface area contributed by atoms with Gasteiger partial charge in [-0.05, 0) is 66.2 Å². The highest BCUT2D eigenvalue weighted by Gasteiger charge is 2.08. The summed E-state index contributed by atoms with van der Waals surface area (Å²) in [5.41, 5.74) is 4.99. The van der Waals surface area contributed by atoms with Gasteiger partial charge in [0.2, 0.25) is 0 Å². The van der Waals surface area contributed by atoms with E-state index >= 15 is 0 Å². The van der Waals surface area contributed by atoms with Gasteiger partial charge in [-0.15, -0.1) is 0 Å². The normalized spacial score (nSPS) is 10.8. The van der Waals surface area contributed by atoms with Gasteiger partial charge in [0, 0.05) is 53.2 Å². The Hall–Kier alpha value is -4.52. The summed E-state index contributed by atoms with van der Waals surface area (Å²) in [5.74, 6) is 0.420. The molecule has 0 aliphatic carbocycles. The monoisotopic (exact) mass is 436 g/mol. The van der Waals surface area contributed by atoms with E-state index in [0.29, 0.717) is 17.9 Å². The summed E-state index contributed by atoms with van der Waals surface area (Å²) in [6, 6.07) is 22.2. The minimum Gasteiger partial charge on any atom is -0.380 e. The van der Waals surface area contributed by atoms with E-state index in [-0.39, 0.29) is 5.82 Å². The van der Waals surface area contributed by atoms with Crippen LogP contribution in [0.5, 0.6) is 0 Å². The molecule has 0 unspecified atom stereocenters. The fourth-order valence-electron chi connectivity index (χ4n) is 3.71. The number of hydrogen-bond donors (Lipinski definition) is 3. The second-order valence-electron chi connectivity index (χ2n) is 7.57. The van der Waals surface area contributed by atoms with Gasteiger partial charge in [-0.3, -0.25) is 0 Å². The summed E-state index contributed by atoms with van der Waals surface area (Å²) in [6.45, 7) is 0.462. The fourth-order valence-corrected chi connectivity index (χ4v) is 3.71. The van der Waals surface area contributed by atoms with Gasteiger partial charge in [-0.1, -0.05) is 12.1 Å². The van der Waals surface area contributed by atoms with Crippen molar-refractivity contribution in [3.63, 3.8) is 0 Å². The molecule has 0 bridgehead atoms. The van der Waals surface area contributed by atoms with E-state index in [1.807, 2.05) is 71.6 Å². The second kappa shape index (κ2) is 8.92. The number of aromatic nitrogens is 3. The lowest BCUT2D eigenvalue weighted by Crippen LogP contribution is -2.04. The number of hydrogen-bond acceptors (Lipinski definition) is 5. The van der Waals surface area contributed by atoms with Crippen molar-refractivity contribution in [2.75, 3.05) is 10.6 Å². The Kier molecular flexibility index (Phi) is 5.51. The van der Waals surface area contributed by atoms with Crippen LogP contribution in [-0.2, 0) is 6.54 Å². The summed E-state index contributed by atoms with van der Waals surface area (Å²) in [7, 11) is 0. The van der Waals surface area contributed by atoms with Crippen molar-refractivity contribution in [1.29, 1.82) is 5.41 Å². The summed E-state index contributed by atoms with van der Waals surface area (Å²) in [4.78, 5) is 8.83. The van der Waals surface area contributed by atoms with E-state index in [2.05, 4.69) is 20.6 Å². The number of nitrogens with one attached hydrogen (secondary N) is 3. The first-order valence-electron chi connectivity index (χ1n) is 10.5. The van der Waals surface area contributed by atoms with E-state index < -0.39 is 0 Å². The van der Waals surface area contributed by atoms with Crippen LogP contribution in [0.3, 0.4) is 0 Å². The molecule has 0 spiro atoms. The van der Waals surface area contributed by atoms with Crippen LogP contribution in [0.25, 0.3) is 16.6 Å². The molecule has 5 aromatic rings. The number of fused-ring (bicyclic) bond motifs is 1. The van der Waals surface area contributed by atoms with Crippen molar-refractivity contribution in [3.8, 4) is 5.69 Å². The molecular formula is C26H21FN6. The molecule has 0 radical (unpaired) electrons. The Morgan fingerprint density at radius 1 is 0.939 bits per heavy atom. The molecule has 0 saturated carbocycles. The van der Waals surface area contributed by atoms with Crippen molar-refractivity contribution < 1.29 is 4.39 Å². The van der Waals surface area contributed by atoms with Crippen LogP contribution in [0, 0.1) is 11.2 Å². The van der Waals surface area contributed by atoms with Gasteiger partial charge in [0.1, 0.15) is 18.0 Å². The van der Waals surface area contributed by atoms with Crippen molar-refractivity contribution >= 4 is 34.3 Å². The molecule has 33 heavy (non-hydrogen) atoms. The van der Waals surface area contributed by atoms with E-state index in [9.17, 15) is 4.39 Å². The maximum atomic E-state index is 13.4. The van der Waals surface area contributed by atoms with Crippen molar-refractivity contribution in [1.82, 2.24) is 14.5 Å². The first-order chi connectivity index (χ1) is 16.2. The van der Waals surface area contributed by atoms with Gasteiger partial charge in [0.05, 0.1) is 5.52 Å². The fraction of sp³-hybridized carbons (Fsp3) is 0.0385. The number of halogens is 1. The zero-order valence-corrected chi connectivity index (χ0v) is 17.7. The molecule has 7 heteroatoms. The molecule has 0 saturated heterocycles. The third-order valence-corrected chi connectivity index (χ3v) is 5.36. The number of nitrogens with zero attached hydrogens (tertiary/aromatic N) is 3. The molecular weight excluding hydrogens is 415 g/mol. The smallest absolute Gasteiger partial charge is 0.141 e. The Morgan fingerprint density at radius 2 is 1.82 bits per heavy atom. The van der Waals surface area contributed by atoms with Gasteiger partial charge in [0.25, 0.3) is 0 Å². The summed E-state index contributed by atoms with van der Waals surface area (Å²) in [5, 5.41) is 15.4. The largest absolute Gasteiger partial charge is 0.380 e. The maximum Gasteiger partial charge on any atom is 0.141 e. The molecule has 162 valence electrons. The summed E-state index contributed by atoms with van der Waals surface area (Å²) in [6.07, 6.45) is 6.81. The Bertz CT molecular complexity index is 1430. The number of benzene rings is 3. The first-order valence-corrected chi connectivity index (χ1v) is 10.5. The topological polar surface area (TPSA) is 78.6 Å². The van der Waals surface area contributed by atoms with Crippen molar-refractivity contribution in [2.45, 2.75) is 6.54 Å². The van der Waals surface area contributed by atoms with Crippen LogP contribution >= 0.6 is 0 Å². The highest BCUT2D eigenvalue weighted by atomic mass is 19.1. The third-order valence-electron chi connectivity index (χ3n) is 5.36. The third kappa shape index (κ3) is 4.43. The molecule has 2 aromatic heterocycles. The van der Waals surface area contributed by atoms with E-state index in [4.69, 9.17) is 5.41 Å². The number of rotatable bonds is 7. The van der Waals surface area contributed by atoms with Gasteiger partial charge >= 0.3 is 0 Å². The molecule has 2 heterocycles. The standard InChI is InChI=1S/C26H21FN6/c27-20-5-3-4-18(12-20)16-29-24-8-6-21(13-19(24)15-28)32-26-23-14-22(33-10-1-2-11-33)7-9-25(23)30-17-31-26/h1-15,17,28-29H,16H2,(H,30,31,32). The molecule has 0 fully saturated rings. The minimum absolute atomic E-state index is 0.266. The highest BCUT2D eigenvalue weighted by molar-refractivity contribution is 5.93. The predicted molar refractivity (Wildman–Crippen MR) is 130 cm³/mol. The average molecular weight is 436 g/mol. The molecule has 3 N–H and O–H groups in total. The Labute approximate surface area is 190 Å². The quantitative estimate of drug-likeness (QED) is 0.277. The van der Waals surface area contributed by atoms with Crippen molar-refractivity contribution in [3.05, 3.63) is 108 Å². The van der Waals surface area contributed by atoms with Crippen molar-refractivity contribution in [2.24, 2.45) is 0 Å². The second-order valence-corrected chi connectivity index (χ2v) is 7.57. The number of anilines is 3. The van der Waals surface area contributed by atoms with Gasteiger partial charge in [-0.2, -0.15) is 0 Å². The molecule has 3 aromatic carbocycles. The van der Waals surface area contributed by atoms with Crippen LogP contribution in [-0.4, -0.2) is 20.7 Å². The minimum atomic E-state index is -0.266. The zero-order valence-electron chi connectivity index (χ0n) is 17.7. The molecule has 0 aliphatic heterocycles. The Balaban J connectivity index is 1.41. The molecule has 5 rings (SSSR count). The summed E-state index contributed by atoms with van der Waals surface area (Å²) < 4.78 is 15.5. The molecule has 0 atom stereocenters. The van der Waals surface area contributed by atoms with Crippen LogP contribution in [0.2, 0.25) is 0 Å². The van der Waals surface area contributed by atoms with Crippen LogP contribution in [0.4, 0.5) is 21.6 Å². The lowest BCUT2D eigenvalue weighted by atomic mass is 10.1. The molecule has 0 amide bonds. The van der Waals surface area contributed by atoms with Crippen LogP contribution in [0.1, 0.15) is 11.1 Å². The average Bonchev–Trinajstić information content (AvgIpc) is 3.38. The predicted octanol–water partition coefficient (Wildman–Crippen LogP) is 5.91. The van der Waals surface area contributed by atoms with Crippen LogP contribution < -0.4 is 10.6 Å². The lowest BCUT2D eigenvalue weighted by Gasteiger charge is -2.14. The van der Waals surface area contributed by atoms with Gasteiger partial charge in [0.15, 0.2) is 0 Å². The lowest BCUT2D eigenvalue weighted by molar-refractivity contribution is 0.626. The SMILES string of the molecule is N=Cc1cc(Nc2ncnc3ccc(-n4cccc4)cc23)ccc1NCc1cccc(F)c1.